The molecule has 1 amide bonds. The molecule has 0 saturated carbocycles. The highest BCUT2D eigenvalue weighted by atomic mass is 16.5. The third-order valence-electron chi connectivity index (χ3n) is 4.71. The van der Waals surface area contributed by atoms with E-state index >= 15 is 0 Å². The van der Waals surface area contributed by atoms with Crippen molar-refractivity contribution in [1.29, 1.82) is 0 Å². The number of methoxy groups -OCH3 is 1. The molecular formula is C18H28N2O2. The van der Waals surface area contributed by atoms with Gasteiger partial charge in [0.25, 0.3) is 0 Å². The van der Waals surface area contributed by atoms with Crippen molar-refractivity contribution in [3.8, 4) is 5.75 Å². The van der Waals surface area contributed by atoms with E-state index in [0.29, 0.717) is 18.9 Å². The van der Waals surface area contributed by atoms with Crippen molar-refractivity contribution in [2.24, 2.45) is 11.7 Å². The predicted octanol–water partition coefficient (Wildman–Crippen LogP) is 2.77. The first-order valence-corrected chi connectivity index (χ1v) is 8.18. The van der Waals surface area contributed by atoms with Gasteiger partial charge in [0.05, 0.1) is 7.11 Å². The first kappa shape index (κ1) is 16.8. The zero-order chi connectivity index (χ0) is 16.1. The summed E-state index contributed by atoms with van der Waals surface area (Å²) < 4.78 is 5.26. The molecule has 2 rings (SSSR count). The van der Waals surface area contributed by atoms with E-state index in [2.05, 4.69) is 19.9 Å². The quantitative estimate of drug-likeness (QED) is 0.910. The lowest BCUT2D eigenvalue weighted by molar-refractivity contribution is -0.135. The third kappa shape index (κ3) is 4.01. The van der Waals surface area contributed by atoms with Gasteiger partial charge < -0.3 is 15.4 Å². The summed E-state index contributed by atoms with van der Waals surface area (Å²) in [7, 11) is 1.66. The van der Waals surface area contributed by atoms with E-state index in [-0.39, 0.29) is 17.9 Å². The number of rotatable bonds is 5. The van der Waals surface area contributed by atoms with Crippen molar-refractivity contribution < 1.29 is 9.53 Å². The van der Waals surface area contributed by atoms with Crippen LogP contribution in [0.1, 0.15) is 44.6 Å². The number of piperidine rings is 1. The average Bonchev–Trinajstić information content (AvgIpc) is 2.54. The molecule has 3 unspecified atom stereocenters. The highest BCUT2D eigenvalue weighted by molar-refractivity contribution is 5.77. The van der Waals surface area contributed by atoms with Crippen molar-refractivity contribution in [2.75, 3.05) is 20.2 Å². The van der Waals surface area contributed by atoms with Crippen molar-refractivity contribution in [3.63, 3.8) is 0 Å². The van der Waals surface area contributed by atoms with Crippen LogP contribution in [0, 0.1) is 5.92 Å². The lowest BCUT2D eigenvalue weighted by Crippen LogP contribution is -2.49. The maximum atomic E-state index is 12.7. The van der Waals surface area contributed by atoms with Gasteiger partial charge in [0, 0.05) is 25.6 Å². The van der Waals surface area contributed by atoms with E-state index < -0.39 is 0 Å². The molecule has 4 nitrogen and oxygen atoms in total. The fraction of sp³-hybridized carbons (Fsp3) is 0.611. The molecule has 0 spiro atoms. The molecule has 0 aromatic heterocycles. The molecule has 4 heteroatoms. The van der Waals surface area contributed by atoms with Crippen molar-refractivity contribution >= 4 is 5.91 Å². The molecule has 2 N–H and O–H groups in total. The summed E-state index contributed by atoms with van der Waals surface area (Å²) in [6.07, 6.45) is 2.63. The van der Waals surface area contributed by atoms with E-state index in [4.69, 9.17) is 10.5 Å². The molecule has 1 aliphatic heterocycles. The second kappa shape index (κ2) is 7.63. The molecule has 1 fully saturated rings. The Balaban J connectivity index is 2.00. The topological polar surface area (TPSA) is 55.6 Å². The standard InChI is InChI=1S/C18H28N2O2/c1-13-7-8-20(16(9-13)12-19)18(21)10-14(2)15-5-4-6-17(11-15)22-3/h4-6,11,13-14,16H,7-10,12,19H2,1-3H3. The number of hydrogen-bond acceptors (Lipinski definition) is 3. The number of likely N-dealkylation sites (tertiary alicyclic amines) is 1. The second-order valence-corrected chi connectivity index (χ2v) is 6.49. The van der Waals surface area contributed by atoms with Crippen LogP contribution in [0.3, 0.4) is 0 Å². The van der Waals surface area contributed by atoms with Crippen LogP contribution in [0.25, 0.3) is 0 Å². The van der Waals surface area contributed by atoms with Gasteiger partial charge in [-0.2, -0.15) is 0 Å². The number of hydrogen-bond donors (Lipinski definition) is 1. The van der Waals surface area contributed by atoms with Gasteiger partial charge >= 0.3 is 0 Å². The Kier molecular flexibility index (Phi) is 5.83. The average molecular weight is 304 g/mol. The van der Waals surface area contributed by atoms with E-state index in [9.17, 15) is 4.79 Å². The number of carbonyl (C=O) groups is 1. The number of amides is 1. The molecule has 0 radical (unpaired) electrons. The summed E-state index contributed by atoms with van der Waals surface area (Å²) in [5.41, 5.74) is 7.00. The van der Waals surface area contributed by atoms with E-state index in [0.717, 1.165) is 30.7 Å². The van der Waals surface area contributed by atoms with Gasteiger partial charge in [-0.15, -0.1) is 0 Å². The van der Waals surface area contributed by atoms with Crippen LogP contribution in [0.15, 0.2) is 24.3 Å². The second-order valence-electron chi connectivity index (χ2n) is 6.49. The number of nitrogens with two attached hydrogens (primary N) is 1. The Labute approximate surface area is 133 Å². The predicted molar refractivity (Wildman–Crippen MR) is 89.0 cm³/mol. The molecular weight excluding hydrogens is 276 g/mol. The number of ether oxygens (including phenoxy) is 1. The monoisotopic (exact) mass is 304 g/mol. The van der Waals surface area contributed by atoms with Gasteiger partial charge in [-0.25, -0.2) is 0 Å². The summed E-state index contributed by atoms with van der Waals surface area (Å²) in [6.45, 7) is 5.73. The fourth-order valence-corrected chi connectivity index (χ4v) is 3.25. The van der Waals surface area contributed by atoms with Gasteiger partial charge in [0.1, 0.15) is 5.75 Å². The molecule has 1 aromatic rings. The third-order valence-corrected chi connectivity index (χ3v) is 4.71. The van der Waals surface area contributed by atoms with E-state index in [1.54, 1.807) is 7.11 Å². The molecule has 1 aromatic carbocycles. The van der Waals surface area contributed by atoms with Gasteiger partial charge in [-0.3, -0.25) is 4.79 Å². The first-order valence-electron chi connectivity index (χ1n) is 8.18. The van der Waals surface area contributed by atoms with Gasteiger partial charge in [0.15, 0.2) is 0 Å². The van der Waals surface area contributed by atoms with Crippen LogP contribution < -0.4 is 10.5 Å². The number of carbonyl (C=O) groups excluding carboxylic acids is 1. The van der Waals surface area contributed by atoms with Gasteiger partial charge in [-0.1, -0.05) is 26.0 Å². The molecule has 0 aliphatic carbocycles. The van der Waals surface area contributed by atoms with Gasteiger partial charge in [-0.05, 0) is 42.4 Å². The Morgan fingerprint density at radius 3 is 2.95 bits per heavy atom. The molecule has 0 bridgehead atoms. The molecule has 3 atom stereocenters. The summed E-state index contributed by atoms with van der Waals surface area (Å²) in [4.78, 5) is 14.6. The van der Waals surface area contributed by atoms with E-state index in [1.807, 2.05) is 23.1 Å². The highest BCUT2D eigenvalue weighted by Crippen LogP contribution is 2.27. The molecule has 1 saturated heterocycles. The fourth-order valence-electron chi connectivity index (χ4n) is 3.25. The highest BCUT2D eigenvalue weighted by Gasteiger charge is 2.29. The Morgan fingerprint density at radius 2 is 2.27 bits per heavy atom. The Hall–Kier alpha value is -1.55. The summed E-state index contributed by atoms with van der Waals surface area (Å²) in [5.74, 6) is 1.90. The van der Waals surface area contributed by atoms with Crippen LogP contribution in [0.4, 0.5) is 0 Å². The van der Waals surface area contributed by atoms with Gasteiger partial charge in [0.2, 0.25) is 5.91 Å². The Morgan fingerprint density at radius 1 is 1.50 bits per heavy atom. The maximum absolute atomic E-state index is 12.7. The number of nitrogens with zero attached hydrogens (tertiary/aromatic N) is 1. The molecule has 122 valence electrons. The number of benzene rings is 1. The molecule has 22 heavy (non-hydrogen) atoms. The summed E-state index contributed by atoms with van der Waals surface area (Å²) in [5, 5.41) is 0. The smallest absolute Gasteiger partial charge is 0.223 e. The normalized spacial score (nSPS) is 23.2. The van der Waals surface area contributed by atoms with Crippen molar-refractivity contribution in [3.05, 3.63) is 29.8 Å². The lowest BCUT2D eigenvalue weighted by Gasteiger charge is -2.38. The first-order chi connectivity index (χ1) is 10.5. The Bertz CT molecular complexity index is 504. The van der Waals surface area contributed by atoms with Crippen LogP contribution in [0.5, 0.6) is 5.75 Å². The van der Waals surface area contributed by atoms with Crippen LogP contribution >= 0.6 is 0 Å². The molecule has 1 heterocycles. The summed E-state index contributed by atoms with van der Waals surface area (Å²) >= 11 is 0. The van der Waals surface area contributed by atoms with Crippen LogP contribution in [-0.2, 0) is 4.79 Å². The minimum absolute atomic E-state index is 0.181. The minimum Gasteiger partial charge on any atom is -0.497 e. The van der Waals surface area contributed by atoms with Crippen LogP contribution in [0.2, 0.25) is 0 Å². The molecule has 1 aliphatic rings. The largest absolute Gasteiger partial charge is 0.497 e. The van der Waals surface area contributed by atoms with Crippen LogP contribution in [-0.4, -0.2) is 37.0 Å². The van der Waals surface area contributed by atoms with Crippen molar-refractivity contribution in [2.45, 2.75) is 45.1 Å². The SMILES string of the molecule is COc1cccc(C(C)CC(=O)N2CCC(C)CC2CN)c1. The van der Waals surface area contributed by atoms with Crippen molar-refractivity contribution in [1.82, 2.24) is 4.90 Å². The zero-order valence-electron chi connectivity index (χ0n) is 13.9. The summed E-state index contributed by atoms with van der Waals surface area (Å²) in [6, 6.07) is 8.17. The minimum atomic E-state index is 0.181. The lowest BCUT2D eigenvalue weighted by atomic mass is 9.90. The zero-order valence-corrected chi connectivity index (χ0v) is 13.9. The van der Waals surface area contributed by atoms with E-state index in [1.165, 1.54) is 0 Å². The maximum Gasteiger partial charge on any atom is 0.223 e.